The van der Waals surface area contributed by atoms with Crippen molar-refractivity contribution in [3.05, 3.63) is 71.8 Å². The Kier molecular flexibility index (Phi) is 6.62. The van der Waals surface area contributed by atoms with Gasteiger partial charge in [-0.05, 0) is 60.1 Å². The van der Waals surface area contributed by atoms with E-state index in [1.165, 1.54) is 23.8 Å². The number of carbonyl (C=O) groups is 1. The number of fused-ring (bicyclic) bond motifs is 2. The second-order valence-corrected chi connectivity index (χ2v) is 10.3. The van der Waals surface area contributed by atoms with Crippen molar-refractivity contribution < 1.29 is 32.2 Å². The normalized spacial score (nSPS) is 21.6. The first-order valence-electron chi connectivity index (χ1n) is 13.0. The summed E-state index contributed by atoms with van der Waals surface area (Å²) < 4.78 is 55.0. The molecule has 1 aliphatic carbocycles. The lowest BCUT2D eigenvalue weighted by molar-refractivity contribution is -0.274. The molecule has 2 unspecified atom stereocenters. The number of piperidine rings is 1. The maximum Gasteiger partial charge on any atom is 0.573 e. The summed E-state index contributed by atoms with van der Waals surface area (Å²) in [5, 5.41) is 0. The van der Waals surface area contributed by atoms with Crippen molar-refractivity contribution in [3.63, 3.8) is 0 Å². The summed E-state index contributed by atoms with van der Waals surface area (Å²) in [5.74, 6) is 2.30. The van der Waals surface area contributed by atoms with E-state index in [0.29, 0.717) is 42.1 Å². The molecule has 11 heteroatoms. The first-order valence-corrected chi connectivity index (χ1v) is 13.0. The van der Waals surface area contributed by atoms with Gasteiger partial charge in [-0.15, -0.1) is 13.2 Å². The second kappa shape index (κ2) is 10.1. The van der Waals surface area contributed by atoms with Gasteiger partial charge >= 0.3 is 6.36 Å². The van der Waals surface area contributed by atoms with Crippen molar-refractivity contribution in [1.82, 2.24) is 19.4 Å². The van der Waals surface area contributed by atoms with Crippen LogP contribution >= 0.6 is 0 Å². The average molecular weight is 543 g/mol. The topological polar surface area (TPSA) is 69.1 Å². The quantitative estimate of drug-likeness (QED) is 0.395. The zero-order chi connectivity index (χ0) is 27.1. The number of alkyl halides is 3. The van der Waals surface area contributed by atoms with E-state index in [-0.39, 0.29) is 25.0 Å². The highest BCUT2D eigenvalue weighted by Gasteiger charge is 2.56. The molecule has 1 saturated carbocycles. The molecule has 0 radical (unpaired) electrons. The maximum absolute atomic E-state index is 13.5. The van der Waals surface area contributed by atoms with E-state index in [1.54, 1.807) is 23.5 Å². The molecule has 2 aromatic carbocycles. The molecule has 3 heterocycles. The number of hydrogen-bond donors (Lipinski definition) is 0. The molecule has 0 bridgehead atoms. The van der Waals surface area contributed by atoms with E-state index in [4.69, 9.17) is 9.47 Å². The predicted octanol–water partition coefficient (Wildman–Crippen LogP) is 4.55. The van der Waals surface area contributed by atoms with Crippen molar-refractivity contribution >= 4 is 5.91 Å². The van der Waals surface area contributed by atoms with E-state index in [1.807, 2.05) is 23.6 Å². The standard InChI is InChI=1S/C28H29F3N4O4/c1-2-33-15-24(32-16-33)27(36)35(11-18-4-3-5-20(8-18)39-28(29,30)31)14-23-21-12-34(13-22(21)23)10-19-6-7-25-26(9-19)38-17-37-25/h3-9,15-16,21-23H,2,10-14,17H2,1H3. The summed E-state index contributed by atoms with van der Waals surface area (Å²) in [6, 6.07) is 11.8. The van der Waals surface area contributed by atoms with Crippen LogP contribution in [-0.2, 0) is 19.6 Å². The molecular weight excluding hydrogens is 513 g/mol. The van der Waals surface area contributed by atoms with Crippen molar-refractivity contribution in [2.45, 2.75) is 32.9 Å². The monoisotopic (exact) mass is 542 g/mol. The largest absolute Gasteiger partial charge is 0.573 e. The molecule has 1 amide bonds. The summed E-state index contributed by atoms with van der Waals surface area (Å²) >= 11 is 0. The molecule has 1 aromatic heterocycles. The number of amides is 1. The van der Waals surface area contributed by atoms with Crippen LogP contribution in [-0.4, -0.2) is 58.0 Å². The second-order valence-electron chi connectivity index (χ2n) is 10.3. The molecule has 1 saturated heterocycles. The minimum absolute atomic E-state index is 0.170. The van der Waals surface area contributed by atoms with Crippen LogP contribution in [0.25, 0.3) is 0 Å². The molecule has 206 valence electrons. The Balaban J connectivity index is 1.12. The highest BCUT2D eigenvalue weighted by atomic mass is 19.4. The number of imidazole rings is 1. The third-order valence-corrected chi connectivity index (χ3v) is 7.73. The first kappa shape index (κ1) is 25.5. The van der Waals surface area contributed by atoms with Crippen molar-refractivity contribution in [2.75, 3.05) is 26.4 Å². The van der Waals surface area contributed by atoms with E-state index in [2.05, 4.69) is 20.7 Å². The Labute approximate surface area is 223 Å². The van der Waals surface area contributed by atoms with Crippen molar-refractivity contribution in [1.29, 1.82) is 0 Å². The van der Waals surface area contributed by atoms with Crippen LogP contribution in [0.4, 0.5) is 13.2 Å². The zero-order valence-corrected chi connectivity index (χ0v) is 21.4. The van der Waals surface area contributed by atoms with Crippen molar-refractivity contribution in [3.8, 4) is 17.2 Å². The Morgan fingerprint density at radius 3 is 2.64 bits per heavy atom. The van der Waals surface area contributed by atoms with Crippen LogP contribution in [0.5, 0.6) is 17.2 Å². The van der Waals surface area contributed by atoms with Gasteiger partial charge in [0.05, 0.1) is 6.33 Å². The number of rotatable bonds is 9. The molecule has 6 rings (SSSR count). The Morgan fingerprint density at radius 2 is 1.90 bits per heavy atom. The van der Waals surface area contributed by atoms with Gasteiger partial charge in [-0.25, -0.2) is 4.98 Å². The fourth-order valence-electron chi connectivity index (χ4n) is 5.77. The smallest absolute Gasteiger partial charge is 0.454 e. The van der Waals surface area contributed by atoms with Crippen LogP contribution in [0.2, 0.25) is 0 Å². The molecule has 2 atom stereocenters. The lowest BCUT2D eigenvalue weighted by Crippen LogP contribution is -2.35. The van der Waals surface area contributed by atoms with E-state index >= 15 is 0 Å². The number of halogens is 3. The molecule has 0 spiro atoms. The number of nitrogens with zero attached hydrogens (tertiary/aromatic N) is 4. The van der Waals surface area contributed by atoms with Gasteiger partial charge in [-0.3, -0.25) is 9.69 Å². The van der Waals surface area contributed by atoms with Crippen LogP contribution in [0, 0.1) is 17.8 Å². The van der Waals surface area contributed by atoms with E-state index in [9.17, 15) is 18.0 Å². The van der Waals surface area contributed by atoms with Gasteiger partial charge in [0.1, 0.15) is 11.4 Å². The number of aryl methyl sites for hydroxylation is 1. The SMILES string of the molecule is CCn1cnc(C(=O)N(Cc2cccc(OC(F)(F)F)c2)CC2C3CN(Cc4ccc5c(c4)OCO5)CC32)c1. The average Bonchev–Trinajstić information content (AvgIpc) is 3.39. The molecular formula is C28H29F3N4O4. The summed E-state index contributed by atoms with van der Waals surface area (Å²) in [7, 11) is 0. The Bertz CT molecular complexity index is 1350. The lowest BCUT2D eigenvalue weighted by atomic mass is 10.1. The summed E-state index contributed by atoms with van der Waals surface area (Å²) in [6.07, 6.45) is -1.46. The van der Waals surface area contributed by atoms with Crippen LogP contribution in [0.1, 0.15) is 28.5 Å². The molecule has 3 aliphatic rings. The fourth-order valence-corrected chi connectivity index (χ4v) is 5.77. The van der Waals surface area contributed by atoms with Gasteiger partial charge in [-0.2, -0.15) is 0 Å². The number of carbonyl (C=O) groups excluding carboxylic acids is 1. The molecule has 0 N–H and O–H groups in total. The molecule has 3 aromatic rings. The lowest BCUT2D eigenvalue weighted by Gasteiger charge is -2.25. The Morgan fingerprint density at radius 1 is 1.10 bits per heavy atom. The third-order valence-electron chi connectivity index (χ3n) is 7.73. The maximum atomic E-state index is 13.5. The van der Waals surface area contributed by atoms with E-state index < -0.39 is 6.36 Å². The van der Waals surface area contributed by atoms with Crippen molar-refractivity contribution in [2.24, 2.45) is 17.8 Å². The minimum atomic E-state index is -4.78. The van der Waals surface area contributed by atoms with Crippen LogP contribution in [0.15, 0.2) is 55.0 Å². The van der Waals surface area contributed by atoms with Gasteiger partial charge in [0.15, 0.2) is 11.5 Å². The molecule has 2 aliphatic heterocycles. The number of aromatic nitrogens is 2. The summed E-state index contributed by atoms with van der Waals surface area (Å²) in [5.41, 5.74) is 2.06. The zero-order valence-electron chi connectivity index (χ0n) is 21.4. The van der Waals surface area contributed by atoms with Crippen LogP contribution in [0.3, 0.4) is 0 Å². The summed E-state index contributed by atoms with van der Waals surface area (Å²) in [4.78, 5) is 21.9. The number of benzene rings is 2. The minimum Gasteiger partial charge on any atom is -0.454 e. The Hall–Kier alpha value is -3.73. The fraction of sp³-hybridized carbons (Fsp3) is 0.429. The number of hydrogen-bond acceptors (Lipinski definition) is 6. The number of likely N-dealkylation sites (tertiary alicyclic amines) is 1. The number of ether oxygens (including phenoxy) is 3. The van der Waals surface area contributed by atoms with E-state index in [0.717, 1.165) is 31.1 Å². The van der Waals surface area contributed by atoms with Gasteiger partial charge in [0, 0.05) is 45.5 Å². The van der Waals surface area contributed by atoms with Crippen LogP contribution < -0.4 is 14.2 Å². The molecule has 8 nitrogen and oxygen atoms in total. The highest BCUT2D eigenvalue weighted by molar-refractivity contribution is 5.92. The predicted molar refractivity (Wildman–Crippen MR) is 134 cm³/mol. The van der Waals surface area contributed by atoms with Gasteiger partial charge < -0.3 is 23.7 Å². The molecule has 39 heavy (non-hydrogen) atoms. The van der Waals surface area contributed by atoms with Gasteiger partial charge in [0.2, 0.25) is 6.79 Å². The van der Waals surface area contributed by atoms with Gasteiger partial charge in [-0.1, -0.05) is 18.2 Å². The van der Waals surface area contributed by atoms with Gasteiger partial charge in [0.25, 0.3) is 5.91 Å². The highest BCUT2D eigenvalue weighted by Crippen LogP contribution is 2.52. The summed E-state index contributed by atoms with van der Waals surface area (Å²) in [6.45, 7) is 6.28. The third kappa shape index (κ3) is 5.68. The molecule has 2 fully saturated rings. The first-order chi connectivity index (χ1) is 18.8.